The molecule has 5 nitrogen and oxygen atoms in total. The molecule has 0 aliphatic heterocycles. The lowest BCUT2D eigenvalue weighted by molar-refractivity contribution is 0.0601. The minimum Gasteiger partial charge on any atom is -0.771 e. The normalized spacial score (nSPS) is 11.1. The third kappa shape index (κ3) is 2.49. The highest BCUT2D eigenvalue weighted by atomic mass is 16.7. The molecule has 0 aromatic rings. The van der Waals surface area contributed by atoms with Crippen molar-refractivity contribution < 1.29 is 0 Å². The first-order valence-electron chi connectivity index (χ1n) is 1.74. The Hall–Kier alpha value is -0.200. The van der Waals surface area contributed by atoms with Crippen LogP contribution >= 0.6 is 0 Å². The van der Waals surface area contributed by atoms with Gasteiger partial charge in [-0.15, -0.1) is 0 Å². The van der Waals surface area contributed by atoms with Crippen molar-refractivity contribution in [3.8, 4) is 0 Å². The Bertz CT molecular complexity index is 48.2. The van der Waals surface area contributed by atoms with Gasteiger partial charge in [0.25, 0.3) is 0 Å². The van der Waals surface area contributed by atoms with Gasteiger partial charge in [0, 0.05) is 0 Å². The van der Waals surface area contributed by atoms with E-state index < -0.39 is 0 Å². The van der Waals surface area contributed by atoms with E-state index in [4.69, 9.17) is 0 Å². The fourth-order valence-corrected chi connectivity index (χ4v) is 0.141. The fraction of sp³-hybridized carbons (Fsp3) is 1.00. The van der Waals surface area contributed by atoms with Crippen molar-refractivity contribution in [2.75, 3.05) is 14.1 Å². The largest absolute Gasteiger partial charge is 0.771 e. The van der Waals surface area contributed by atoms with Crippen molar-refractivity contribution >= 4 is 0 Å². The monoisotopic (exact) mass is 105 g/mol. The number of hydroxylamine groups is 1. The molecule has 0 spiro atoms. The first-order valence-corrected chi connectivity index (χ1v) is 1.74. The summed E-state index contributed by atoms with van der Waals surface area (Å²) in [6, 6.07) is 0. The average molecular weight is 105 g/mol. The third-order valence-electron chi connectivity index (χ3n) is 0.447. The summed E-state index contributed by atoms with van der Waals surface area (Å²) in [7, 11) is 2.46. The van der Waals surface area contributed by atoms with Crippen molar-refractivity contribution in [2.24, 2.45) is 0 Å². The number of hydrogen-bond donors (Lipinski definition) is 1. The highest BCUT2D eigenvalue weighted by Crippen LogP contribution is 1.77. The van der Waals surface area contributed by atoms with Crippen LogP contribution in [-0.2, 0) is 0 Å². The SMILES string of the molecule is CNN([O-])N(C)[O-]. The van der Waals surface area contributed by atoms with Crippen LogP contribution in [0.1, 0.15) is 0 Å². The highest BCUT2D eigenvalue weighted by molar-refractivity contribution is 4.41. The number of hydrazine groups is 2. The summed E-state index contributed by atoms with van der Waals surface area (Å²) in [6.07, 6.45) is 0. The van der Waals surface area contributed by atoms with Crippen molar-refractivity contribution in [3.63, 3.8) is 0 Å². The fourth-order valence-electron chi connectivity index (χ4n) is 0.141. The Balaban J connectivity index is 3.14. The molecule has 0 aliphatic rings. The van der Waals surface area contributed by atoms with E-state index >= 15 is 0 Å². The molecule has 0 aromatic carbocycles. The van der Waals surface area contributed by atoms with E-state index in [9.17, 15) is 10.4 Å². The van der Waals surface area contributed by atoms with Crippen molar-refractivity contribution in [2.45, 2.75) is 0 Å². The molecule has 0 unspecified atom stereocenters. The second kappa shape index (κ2) is 2.89. The van der Waals surface area contributed by atoms with E-state index in [2.05, 4.69) is 5.43 Å². The van der Waals surface area contributed by atoms with Gasteiger partial charge in [0.15, 0.2) is 0 Å². The quantitative estimate of drug-likeness (QED) is 0.469. The first kappa shape index (κ1) is 6.80. The molecule has 44 valence electrons. The molecule has 0 aliphatic carbocycles. The van der Waals surface area contributed by atoms with Crippen LogP contribution in [0, 0.1) is 10.4 Å². The topological polar surface area (TPSA) is 64.6 Å². The van der Waals surface area contributed by atoms with E-state index in [0.717, 1.165) is 7.05 Å². The summed E-state index contributed by atoms with van der Waals surface area (Å²) in [5.41, 5.74) is 2.06. The standard InChI is InChI=1S/C2H7N3O2/c1-3-5(7)4(2)6/h3H,1-2H3/q-2. The van der Waals surface area contributed by atoms with E-state index in [0.29, 0.717) is 0 Å². The number of rotatable bonds is 2. The van der Waals surface area contributed by atoms with Crippen LogP contribution in [0.5, 0.6) is 0 Å². The van der Waals surface area contributed by atoms with Crippen LogP contribution < -0.4 is 5.43 Å². The number of nitrogens with one attached hydrogen (secondary N) is 1. The van der Waals surface area contributed by atoms with Crippen LogP contribution in [0.3, 0.4) is 0 Å². The molecule has 0 bridgehead atoms. The van der Waals surface area contributed by atoms with Gasteiger partial charge in [0.1, 0.15) is 0 Å². The predicted octanol–water partition coefficient (Wildman–Crippen LogP) is -0.735. The van der Waals surface area contributed by atoms with Crippen LogP contribution in [0.4, 0.5) is 0 Å². The van der Waals surface area contributed by atoms with Gasteiger partial charge in [-0.2, -0.15) is 0 Å². The van der Waals surface area contributed by atoms with Crippen LogP contribution in [0.25, 0.3) is 0 Å². The lowest BCUT2D eigenvalue weighted by atomic mass is 11.4. The molecule has 0 atom stereocenters. The molecule has 0 amide bonds. The van der Waals surface area contributed by atoms with Gasteiger partial charge in [-0.1, -0.05) is 0 Å². The molecule has 1 N–H and O–H groups in total. The molecule has 0 fully saturated rings. The van der Waals surface area contributed by atoms with Gasteiger partial charge in [0.2, 0.25) is 0 Å². The van der Waals surface area contributed by atoms with Gasteiger partial charge in [-0.05, 0) is 14.1 Å². The van der Waals surface area contributed by atoms with Gasteiger partial charge >= 0.3 is 0 Å². The van der Waals surface area contributed by atoms with Gasteiger partial charge in [-0.3, -0.25) is 10.7 Å². The summed E-state index contributed by atoms with van der Waals surface area (Å²) in [5, 5.41) is 20.0. The first-order chi connectivity index (χ1) is 3.18. The lowest BCUT2D eigenvalue weighted by Crippen LogP contribution is -2.39. The molecule has 0 aromatic heterocycles. The Kier molecular flexibility index (Phi) is 2.81. The summed E-state index contributed by atoms with van der Waals surface area (Å²) < 4.78 is 0. The summed E-state index contributed by atoms with van der Waals surface area (Å²) in [5.74, 6) is 0. The molecular formula is C2H7N3O2-2. The van der Waals surface area contributed by atoms with Crippen LogP contribution in [0.15, 0.2) is 0 Å². The Morgan fingerprint density at radius 2 is 1.86 bits per heavy atom. The maximum Gasteiger partial charge on any atom is -0.000935 e. The molecule has 0 heterocycles. The zero-order valence-corrected chi connectivity index (χ0v) is 4.21. The van der Waals surface area contributed by atoms with E-state index in [-0.39, 0.29) is 10.5 Å². The number of nitrogens with zero attached hydrogens (tertiary/aromatic N) is 2. The Morgan fingerprint density at radius 1 is 1.43 bits per heavy atom. The second-order valence-electron chi connectivity index (χ2n) is 0.961. The molecular weight excluding hydrogens is 98.0 g/mol. The van der Waals surface area contributed by atoms with Crippen molar-refractivity contribution in [3.05, 3.63) is 10.4 Å². The molecule has 5 heteroatoms. The van der Waals surface area contributed by atoms with E-state index in [1.807, 2.05) is 0 Å². The Morgan fingerprint density at radius 3 is 1.86 bits per heavy atom. The molecule has 0 saturated carbocycles. The van der Waals surface area contributed by atoms with Gasteiger partial charge < -0.3 is 15.6 Å². The maximum atomic E-state index is 9.93. The van der Waals surface area contributed by atoms with Crippen LogP contribution in [0.2, 0.25) is 0 Å². The smallest absolute Gasteiger partial charge is 0.000935 e. The van der Waals surface area contributed by atoms with Crippen molar-refractivity contribution in [1.82, 2.24) is 15.9 Å². The van der Waals surface area contributed by atoms with Gasteiger partial charge in [0.05, 0.1) is 0 Å². The minimum atomic E-state index is 0.0694. The third-order valence-corrected chi connectivity index (χ3v) is 0.447. The lowest BCUT2D eigenvalue weighted by Gasteiger charge is -2.40. The summed E-state index contributed by atoms with van der Waals surface area (Å²) in [4.78, 5) is 0. The molecule has 0 saturated heterocycles. The predicted molar refractivity (Wildman–Crippen MR) is 25.4 cm³/mol. The number of hydrogen-bond acceptors (Lipinski definition) is 5. The van der Waals surface area contributed by atoms with Crippen LogP contribution in [-0.4, -0.2) is 24.5 Å². The van der Waals surface area contributed by atoms with Crippen molar-refractivity contribution in [1.29, 1.82) is 0 Å². The molecule has 0 rings (SSSR count). The van der Waals surface area contributed by atoms with Gasteiger partial charge in [-0.25, -0.2) is 0 Å². The zero-order chi connectivity index (χ0) is 5.86. The van der Waals surface area contributed by atoms with E-state index in [1.54, 1.807) is 0 Å². The Labute approximate surface area is 41.6 Å². The molecule has 7 heavy (non-hydrogen) atoms. The second-order valence-corrected chi connectivity index (χ2v) is 0.961. The summed E-state index contributed by atoms with van der Waals surface area (Å²) in [6.45, 7) is 0. The average Bonchev–Trinajstić information content (AvgIpc) is 1.65. The van der Waals surface area contributed by atoms with E-state index in [1.165, 1.54) is 7.05 Å². The minimum absolute atomic E-state index is 0.0694. The highest BCUT2D eigenvalue weighted by Gasteiger charge is 1.75. The maximum absolute atomic E-state index is 9.93. The molecule has 0 radical (unpaired) electrons. The summed E-state index contributed by atoms with van der Waals surface area (Å²) >= 11 is 0. The zero-order valence-electron chi connectivity index (χ0n) is 4.21.